The standard InChI is InChI=1S/C16H21N3/c1-11-10-12(2)18-15(17-11)19-14-9-7-6-8-13(14)16(3,4)5/h6-10H,1-5H3,(H,17,18,19). The highest BCUT2D eigenvalue weighted by Gasteiger charge is 2.17. The number of hydrogen-bond donors (Lipinski definition) is 1. The molecule has 1 aromatic heterocycles. The molecular formula is C16H21N3. The number of benzene rings is 1. The van der Waals surface area contributed by atoms with Gasteiger partial charge < -0.3 is 5.32 Å². The van der Waals surface area contributed by atoms with E-state index < -0.39 is 0 Å². The molecule has 1 heterocycles. The van der Waals surface area contributed by atoms with E-state index in [9.17, 15) is 0 Å². The Morgan fingerprint density at radius 2 is 1.53 bits per heavy atom. The zero-order chi connectivity index (χ0) is 14.0. The van der Waals surface area contributed by atoms with Gasteiger partial charge in [-0.2, -0.15) is 0 Å². The third kappa shape index (κ3) is 3.31. The van der Waals surface area contributed by atoms with E-state index in [1.165, 1.54) is 5.56 Å². The summed E-state index contributed by atoms with van der Waals surface area (Å²) in [5.41, 5.74) is 4.37. The number of nitrogens with one attached hydrogen (secondary N) is 1. The molecule has 0 amide bonds. The molecule has 0 bridgehead atoms. The Balaban J connectivity index is 2.38. The Labute approximate surface area is 115 Å². The summed E-state index contributed by atoms with van der Waals surface area (Å²) in [6.45, 7) is 10.6. The van der Waals surface area contributed by atoms with Crippen LogP contribution in [0.25, 0.3) is 0 Å². The summed E-state index contributed by atoms with van der Waals surface area (Å²) in [4.78, 5) is 8.86. The summed E-state index contributed by atoms with van der Waals surface area (Å²) in [7, 11) is 0. The minimum atomic E-state index is 0.0858. The molecule has 2 rings (SSSR count). The van der Waals surface area contributed by atoms with E-state index in [1.807, 2.05) is 26.0 Å². The van der Waals surface area contributed by atoms with Gasteiger partial charge in [-0.3, -0.25) is 0 Å². The smallest absolute Gasteiger partial charge is 0.227 e. The van der Waals surface area contributed by atoms with E-state index in [2.05, 4.69) is 54.3 Å². The predicted molar refractivity (Wildman–Crippen MR) is 79.9 cm³/mol. The number of hydrogen-bond acceptors (Lipinski definition) is 3. The van der Waals surface area contributed by atoms with Crippen molar-refractivity contribution in [3.8, 4) is 0 Å². The molecule has 0 unspecified atom stereocenters. The predicted octanol–water partition coefficient (Wildman–Crippen LogP) is 4.13. The first kappa shape index (κ1) is 13.5. The van der Waals surface area contributed by atoms with Crippen molar-refractivity contribution in [2.75, 3.05) is 5.32 Å². The molecule has 19 heavy (non-hydrogen) atoms. The zero-order valence-corrected chi connectivity index (χ0v) is 12.3. The first-order valence-electron chi connectivity index (χ1n) is 6.55. The quantitative estimate of drug-likeness (QED) is 0.876. The first-order valence-corrected chi connectivity index (χ1v) is 6.55. The van der Waals surface area contributed by atoms with E-state index in [4.69, 9.17) is 0 Å². The fourth-order valence-corrected chi connectivity index (χ4v) is 2.15. The molecule has 3 heteroatoms. The Bertz CT molecular complexity index is 563. The minimum Gasteiger partial charge on any atom is -0.324 e. The molecule has 0 aliphatic rings. The van der Waals surface area contributed by atoms with Crippen molar-refractivity contribution in [2.24, 2.45) is 0 Å². The van der Waals surface area contributed by atoms with Crippen molar-refractivity contribution in [2.45, 2.75) is 40.0 Å². The normalized spacial score (nSPS) is 11.4. The van der Waals surface area contributed by atoms with Gasteiger partial charge >= 0.3 is 0 Å². The lowest BCUT2D eigenvalue weighted by Gasteiger charge is -2.23. The summed E-state index contributed by atoms with van der Waals surface area (Å²) in [5, 5.41) is 3.34. The SMILES string of the molecule is Cc1cc(C)nc(Nc2ccccc2C(C)(C)C)n1. The van der Waals surface area contributed by atoms with Gasteiger partial charge in [-0.05, 0) is 37.0 Å². The minimum absolute atomic E-state index is 0.0858. The fraction of sp³-hybridized carbons (Fsp3) is 0.375. The van der Waals surface area contributed by atoms with Gasteiger partial charge in [-0.15, -0.1) is 0 Å². The maximum Gasteiger partial charge on any atom is 0.227 e. The molecule has 0 saturated carbocycles. The summed E-state index contributed by atoms with van der Waals surface area (Å²) in [6, 6.07) is 10.3. The first-order chi connectivity index (χ1) is 8.86. The maximum absolute atomic E-state index is 4.43. The van der Waals surface area contributed by atoms with Crippen LogP contribution < -0.4 is 5.32 Å². The highest BCUT2D eigenvalue weighted by Crippen LogP contribution is 2.30. The van der Waals surface area contributed by atoms with Crippen molar-refractivity contribution in [1.82, 2.24) is 9.97 Å². The van der Waals surface area contributed by atoms with Crippen LogP contribution in [0.2, 0.25) is 0 Å². The second-order valence-electron chi connectivity index (χ2n) is 5.89. The molecule has 100 valence electrons. The van der Waals surface area contributed by atoms with Crippen LogP contribution in [0.15, 0.2) is 30.3 Å². The molecule has 0 saturated heterocycles. The van der Waals surface area contributed by atoms with Crippen molar-refractivity contribution < 1.29 is 0 Å². The second kappa shape index (κ2) is 5.00. The van der Waals surface area contributed by atoms with Gasteiger partial charge in [0, 0.05) is 17.1 Å². The lowest BCUT2D eigenvalue weighted by atomic mass is 9.86. The van der Waals surface area contributed by atoms with Gasteiger partial charge in [0.25, 0.3) is 0 Å². The molecule has 0 spiro atoms. The van der Waals surface area contributed by atoms with Crippen LogP contribution >= 0.6 is 0 Å². The Kier molecular flexibility index (Phi) is 3.56. The van der Waals surface area contributed by atoms with E-state index in [0.29, 0.717) is 5.95 Å². The Morgan fingerprint density at radius 3 is 2.11 bits per heavy atom. The average molecular weight is 255 g/mol. The third-order valence-corrected chi connectivity index (χ3v) is 2.96. The van der Waals surface area contributed by atoms with Crippen LogP contribution in [0.4, 0.5) is 11.6 Å². The topological polar surface area (TPSA) is 37.8 Å². The summed E-state index contributed by atoms with van der Waals surface area (Å²) < 4.78 is 0. The molecule has 0 radical (unpaired) electrons. The largest absolute Gasteiger partial charge is 0.324 e. The monoisotopic (exact) mass is 255 g/mol. The van der Waals surface area contributed by atoms with Gasteiger partial charge in [-0.1, -0.05) is 39.0 Å². The van der Waals surface area contributed by atoms with E-state index >= 15 is 0 Å². The van der Waals surface area contributed by atoms with Crippen LogP contribution in [0.1, 0.15) is 37.7 Å². The molecule has 0 atom stereocenters. The lowest BCUT2D eigenvalue weighted by Crippen LogP contribution is -2.14. The van der Waals surface area contributed by atoms with Crippen molar-refractivity contribution in [1.29, 1.82) is 0 Å². The van der Waals surface area contributed by atoms with Gasteiger partial charge in [0.2, 0.25) is 5.95 Å². The van der Waals surface area contributed by atoms with Crippen molar-refractivity contribution in [3.63, 3.8) is 0 Å². The molecule has 2 aromatic rings. The molecule has 1 aromatic carbocycles. The number of anilines is 2. The van der Waals surface area contributed by atoms with Crippen molar-refractivity contribution >= 4 is 11.6 Å². The van der Waals surface area contributed by atoms with Gasteiger partial charge in [0.05, 0.1) is 0 Å². The molecule has 1 N–H and O–H groups in total. The number of rotatable bonds is 2. The summed E-state index contributed by atoms with van der Waals surface area (Å²) >= 11 is 0. The highest BCUT2D eigenvalue weighted by atomic mass is 15.1. The number of aryl methyl sites for hydroxylation is 2. The summed E-state index contributed by atoms with van der Waals surface area (Å²) in [5.74, 6) is 0.661. The fourth-order valence-electron chi connectivity index (χ4n) is 2.15. The van der Waals surface area contributed by atoms with Crippen LogP contribution in [0.3, 0.4) is 0 Å². The van der Waals surface area contributed by atoms with E-state index in [0.717, 1.165) is 17.1 Å². The van der Waals surface area contributed by atoms with Gasteiger partial charge in [-0.25, -0.2) is 9.97 Å². The van der Waals surface area contributed by atoms with E-state index in [1.54, 1.807) is 0 Å². The highest BCUT2D eigenvalue weighted by molar-refractivity contribution is 5.60. The third-order valence-electron chi connectivity index (χ3n) is 2.96. The molecule has 3 nitrogen and oxygen atoms in total. The maximum atomic E-state index is 4.43. The summed E-state index contributed by atoms with van der Waals surface area (Å²) in [6.07, 6.45) is 0. The molecule has 0 aliphatic carbocycles. The van der Waals surface area contributed by atoms with Crippen LogP contribution in [0, 0.1) is 13.8 Å². The number of para-hydroxylation sites is 1. The van der Waals surface area contributed by atoms with Gasteiger partial charge in [0.1, 0.15) is 0 Å². The Hall–Kier alpha value is -1.90. The number of aromatic nitrogens is 2. The Morgan fingerprint density at radius 1 is 0.947 bits per heavy atom. The van der Waals surface area contributed by atoms with Crippen LogP contribution in [0.5, 0.6) is 0 Å². The van der Waals surface area contributed by atoms with Crippen LogP contribution in [-0.2, 0) is 5.41 Å². The lowest BCUT2D eigenvalue weighted by molar-refractivity contribution is 0.592. The molecule has 0 fully saturated rings. The van der Waals surface area contributed by atoms with E-state index in [-0.39, 0.29) is 5.41 Å². The molecular weight excluding hydrogens is 234 g/mol. The average Bonchev–Trinajstić information content (AvgIpc) is 2.26. The van der Waals surface area contributed by atoms with Crippen molar-refractivity contribution in [3.05, 3.63) is 47.3 Å². The zero-order valence-electron chi connectivity index (χ0n) is 12.3. The molecule has 0 aliphatic heterocycles. The second-order valence-corrected chi connectivity index (χ2v) is 5.89. The van der Waals surface area contributed by atoms with Crippen LogP contribution in [-0.4, -0.2) is 9.97 Å². The number of nitrogens with zero attached hydrogens (tertiary/aromatic N) is 2. The van der Waals surface area contributed by atoms with Gasteiger partial charge in [0.15, 0.2) is 0 Å².